The van der Waals surface area contributed by atoms with E-state index >= 15 is 0 Å². The molecule has 0 saturated heterocycles. The Morgan fingerprint density at radius 2 is 1.83 bits per heavy atom. The van der Waals surface area contributed by atoms with Gasteiger partial charge in [0.1, 0.15) is 5.82 Å². The first-order valence-electron chi connectivity index (χ1n) is 10.1. The third-order valence-corrected chi connectivity index (χ3v) is 4.96. The summed E-state index contributed by atoms with van der Waals surface area (Å²) in [6, 6.07) is 12.4. The van der Waals surface area contributed by atoms with Gasteiger partial charge in [-0.1, -0.05) is 25.6 Å². The number of carbonyl (C=O) groups is 1. The molecule has 1 heterocycles. The summed E-state index contributed by atoms with van der Waals surface area (Å²) in [6.45, 7) is 15.2. The average molecular weight is 391 g/mol. The molecule has 0 aliphatic rings. The standard InChI is InChI=1S/C24H30N4O/c1-7-12-27-22-10-8-18(5)14-21(22)26-24(27)15-25-20-13-17(4)9-11-23(20)28(16(2)3)19(6)29/h8-11,13-14,25H,2,7,12,15H2,1,3-6H3. The number of hydrogen-bond donors (Lipinski definition) is 1. The van der Waals surface area contributed by atoms with Gasteiger partial charge in [0.05, 0.1) is 29.0 Å². The van der Waals surface area contributed by atoms with Gasteiger partial charge in [-0.25, -0.2) is 4.98 Å². The van der Waals surface area contributed by atoms with Gasteiger partial charge in [0.2, 0.25) is 5.91 Å². The first-order chi connectivity index (χ1) is 13.8. The van der Waals surface area contributed by atoms with Crippen LogP contribution in [0.5, 0.6) is 0 Å². The lowest BCUT2D eigenvalue weighted by Gasteiger charge is -2.25. The maximum Gasteiger partial charge on any atom is 0.228 e. The average Bonchev–Trinajstić information content (AvgIpc) is 2.98. The maximum absolute atomic E-state index is 12.2. The predicted octanol–water partition coefficient (Wildman–Crippen LogP) is 5.56. The highest BCUT2D eigenvalue weighted by Gasteiger charge is 2.17. The van der Waals surface area contributed by atoms with Crippen LogP contribution in [0, 0.1) is 13.8 Å². The third-order valence-electron chi connectivity index (χ3n) is 4.96. The Labute approximate surface area is 173 Å². The second-order valence-corrected chi connectivity index (χ2v) is 7.64. The molecule has 3 rings (SSSR count). The number of anilines is 2. The van der Waals surface area contributed by atoms with E-state index in [1.165, 1.54) is 5.56 Å². The number of nitrogens with zero attached hydrogens (tertiary/aromatic N) is 3. The quantitative estimate of drug-likeness (QED) is 0.574. The Balaban J connectivity index is 1.98. The van der Waals surface area contributed by atoms with E-state index in [2.05, 4.69) is 54.6 Å². The third kappa shape index (κ3) is 4.34. The monoisotopic (exact) mass is 390 g/mol. The molecule has 0 fully saturated rings. The van der Waals surface area contributed by atoms with E-state index in [-0.39, 0.29) is 5.91 Å². The Hall–Kier alpha value is -3.08. The summed E-state index contributed by atoms with van der Waals surface area (Å²) in [5, 5.41) is 3.52. The lowest BCUT2D eigenvalue weighted by molar-refractivity contribution is -0.116. The molecule has 0 atom stereocenters. The normalized spacial score (nSPS) is 10.9. The van der Waals surface area contributed by atoms with E-state index in [4.69, 9.17) is 4.98 Å². The fraction of sp³-hybridized carbons (Fsp3) is 0.333. The minimum absolute atomic E-state index is 0.0573. The summed E-state index contributed by atoms with van der Waals surface area (Å²) in [4.78, 5) is 18.7. The highest BCUT2D eigenvalue weighted by molar-refractivity contribution is 5.98. The number of carbonyl (C=O) groups excluding carboxylic acids is 1. The minimum Gasteiger partial charge on any atom is -0.376 e. The topological polar surface area (TPSA) is 50.2 Å². The maximum atomic E-state index is 12.2. The highest BCUT2D eigenvalue weighted by atomic mass is 16.2. The van der Waals surface area contributed by atoms with E-state index in [1.54, 1.807) is 11.8 Å². The van der Waals surface area contributed by atoms with Gasteiger partial charge in [-0.2, -0.15) is 0 Å². The molecule has 0 radical (unpaired) electrons. The fourth-order valence-corrected chi connectivity index (χ4v) is 3.70. The molecule has 152 valence electrons. The van der Waals surface area contributed by atoms with Crippen LogP contribution < -0.4 is 10.2 Å². The number of fused-ring (bicyclic) bond motifs is 1. The first kappa shape index (κ1) is 20.6. The zero-order chi connectivity index (χ0) is 21.1. The van der Waals surface area contributed by atoms with Gasteiger partial charge < -0.3 is 9.88 Å². The highest BCUT2D eigenvalue weighted by Crippen LogP contribution is 2.30. The van der Waals surface area contributed by atoms with E-state index in [1.807, 2.05) is 26.0 Å². The Bertz CT molecular complexity index is 1050. The van der Waals surface area contributed by atoms with Crippen molar-refractivity contribution in [3.63, 3.8) is 0 Å². The number of aryl methyl sites for hydroxylation is 3. The fourth-order valence-electron chi connectivity index (χ4n) is 3.70. The summed E-state index contributed by atoms with van der Waals surface area (Å²) in [7, 11) is 0. The number of aromatic nitrogens is 2. The molecular formula is C24H30N4O. The van der Waals surface area contributed by atoms with Crippen molar-refractivity contribution in [3.8, 4) is 0 Å². The number of benzene rings is 2. The molecule has 0 unspecified atom stereocenters. The van der Waals surface area contributed by atoms with Crippen LogP contribution in [0.2, 0.25) is 0 Å². The molecule has 29 heavy (non-hydrogen) atoms. The van der Waals surface area contributed by atoms with Crippen molar-refractivity contribution >= 4 is 28.3 Å². The molecule has 1 N–H and O–H groups in total. The van der Waals surface area contributed by atoms with Crippen molar-refractivity contribution in [1.82, 2.24) is 9.55 Å². The van der Waals surface area contributed by atoms with E-state index < -0.39 is 0 Å². The molecule has 3 aromatic rings. The lowest BCUT2D eigenvalue weighted by Crippen LogP contribution is -2.26. The molecule has 0 aliphatic carbocycles. The molecule has 0 saturated carbocycles. The number of amides is 1. The van der Waals surface area contributed by atoms with Gasteiger partial charge in [0, 0.05) is 19.2 Å². The number of allylic oxidation sites excluding steroid dienone is 1. The van der Waals surface area contributed by atoms with Gasteiger partial charge in [-0.3, -0.25) is 9.69 Å². The van der Waals surface area contributed by atoms with E-state index in [0.717, 1.165) is 46.8 Å². The molecule has 1 aromatic heterocycles. The van der Waals surface area contributed by atoms with Crippen LogP contribution in [0.3, 0.4) is 0 Å². The molecule has 2 aromatic carbocycles. The Morgan fingerprint density at radius 1 is 1.14 bits per heavy atom. The summed E-state index contributed by atoms with van der Waals surface area (Å²) >= 11 is 0. The second kappa shape index (κ2) is 8.52. The van der Waals surface area contributed by atoms with Crippen LogP contribution in [-0.4, -0.2) is 15.5 Å². The van der Waals surface area contributed by atoms with Crippen LogP contribution in [0.4, 0.5) is 11.4 Å². The van der Waals surface area contributed by atoms with Crippen molar-refractivity contribution in [2.24, 2.45) is 0 Å². The number of rotatable bonds is 7. The van der Waals surface area contributed by atoms with E-state index in [9.17, 15) is 4.79 Å². The van der Waals surface area contributed by atoms with Crippen molar-refractivity contribution in [3.05, 3.63) is 65.6 Å². The second-order valence-electron chi connectivity index (χ2n) is 7.64. The lowest BCUT2D eigenvalue weighted by atomic mass is 10.1. The van der Waals surface area contributed by atoms with Crippen LogP contribution in [-0.2, 0) is 17.9 Å². The molecular weight excluding hydrogens is 360 g/mol. The number of imidazole rings is 1. The molecule has 0 spiro atoms. The minimum atomic E-state index is -0.0573. The summed E-state index contributed by atoms with van der Waals surface area (Å²) in [6.07, 6.45) is 1.04. The zero-order valence-corrected chi connectivity index (χ0v) is 18.0. The van der Waals surface area contributed by atoms with Crippen molar-refractivity contribution in [2.75, 3.05) is 10.2 Å². The van der Waals surface area contributed by atoms with Gasteiger partial charge >= 0.3 is 0 Å². The van der Waals surface area contributed by atoms with Crippen molar-refractivity contribution < 1.29 is 4.79 Å². The molecule has 0 aliphatic heterocycles. The zero-order valence-electron chi connectivity index (χ0n) is 18.0. The number of hydrogen-bond acceptors (Lipinski definition) is 3. The Kier molecular flexibility index (Phi) is 6.06. The molecule has 5 heteroatoms. The Morgan fingerprint density at radius 3 is 2.48 bits per heavy atom. The van der Waals surface area contributed by atoms with Crippen molar-refractivity contribution in [2.45, 2.75) is 54.1 Å². The van der Waals surface area contributed by atoms with Crippen LogP contribution in [0.25, 0.3) is 11.0 Å². The summed E-state index contributed by atoms with van der Waals surface area (Å²) < 4.78 is 2.28. The summed E-state index contributed by atoms with van der Waals surface area (Å²) in [5.74, 6) is 0.933. The van der Waals surface area contributed by atoms with Gasteiger partial charge in [-0.15, -0.1) is 0 Å². The van der Waals surface area contributed by atoms with Gasteiger partial charge in [0.15, 0.2) is 0 Å². The van der Waals surface area contributed by atoms with E-state index in [0.29, 0.717) is 12.2 Å². The molecule has 5 nitrogen and oxygen atoms in total. The first-order valence-corrected chi connectivity index (χ1v) is 10.1. The van der Waals surface area contributed by atoms with Gasteiger partial charge in [0.25, 0.3) is 0 Å². The van der Waals surface area contributed by atoms with Crippen LogP contribution in [0.15, 0.2) is 48.7 Å². The predicted molar refractivity (Wildman–Crippen MR) is 121 cm³/mol. The van der Waals surface area contributed by atoms with Crippen molar-refractivity contribution in [1.29, 1.82) is 0 Å². The number of nitrogens with one attached hydrogen (secondary N) is 1. The molecule has 1 amide bonds. The van der Waals surface area contributed by atoms with Crippen LogP contribution >= 0.6 is 0 Å². The smallest absolute Gasteiger partial charge is 0.228 e. The molecule has 0 bridgehead atoms. The van der Waals surface area contributed by atoms with Crippen LogP contribution in [0.1, 0.15) is 44.1 Å². The van der Waals surface area contributed by atoms with Gasteiger partial charge in [-0.05, 0) is 62.6 Å². The summed E-state index contributed by atoms with van der Waals surface area (Å²) in [5.41, 5.74) is 6.91. The largest absolute Gasteiger partial charge is 0.376 e. The SMILES string of the molecule is C=C(C)N(C(C)=O)c1ccc(C)cc1NCc1nc2cc(C)ccc2n1CCC.